The molecule has 3 N–H and O–H groups in total. The summed E-state index contributed by atoms with van der Waals surface area (Å²) in [6.07, 6.45) is 1.71. The van der Waals surface area contributed by atoms with Crippen molar-refractivity contribution in [2.45, 2.75) is 25.8 Å². The average molecular weight is 246 g/mol. The van der Waals surface area contributed by atoms with Crippen LogP contribution in [-0.2, 0) is 6.42 Å². The van der Waals surface area contributed by atoms with Gasteiger partial charge in [0, 0.05) is 6.04 Å². The minimum atomic E-state index is -0.174. The van der Waals surface area contributed by atoms with Crippen molar-refractivity contribution < 1.29 is 9.84 Å². The number of aliphatic hydroxyl groups excluding tert-OH is 1. The predicted octanol–water partition coefficient (Wildman–Crippen LogP) is 1.76. The Morgan fingerprint density at radius 1 is 1.31 bits per heavy atom. The van der Waals surface area contributed by atoms with Crippen LogP contribution in [0.2, 0.25) is 0 Å². The van der Waals surface area contributed by atoms with Crippen molar-refractivity contribution in [2.24, 2.45) is 5.73 Å². The van der Waals surface area contributed by atoms with E-state index in [9.17, 15) is 0 Å². The third-order valence-electron chi connectivity index (χ3n) is 2.13. The number of benzene rings is 1. The Hall–Kier alpha value is -0.770. The second-order valence-corrected chi connectivity index (χ2v) is 3.64. The summed E-state index contributed by atoms with van der Waals surface area (Å²) in [4.78, 5) is 0. The minimum absolute atomic E-state index is 0. The molecule has 4 heteroatoms. The zero-order valence-corrected chi connectivity index (χ0v) is 10.4. The van der Waals surface area contributed by atoms with Gasteiger partial charge in [-0.1, -0.05) is 19.1 Å². The van der Waals surface area contributed by atoms with Crippen molar-refractivity contribution >= 4 is 12.4 Å². The van der Waals surface area contributed by atoms with Crippen molar-refractivity contribution in [2.75, 3.05) is 13.2 Å². The van der Waals surface area contributed by atoms with E-state index in [0.717, 1.165) is 24.3 Å². The van der Waals surface area contributed by atoms with Crippen LogP contribution in [0, 0.1) is 0 Å². The number of nitrogens with two attached hydrogens (primary N) is 1. The maximum Gasteiger partial charge on any atom is 0.119 e. The smallest absolute Gasteiger partial charge is 0.119 e. The zero-order chi connectivity index (χ0) is 11.1. The van der Waals surface area contributed by atoms with Gasteiger partial charge in [-0.05, 0) is 30.5 Å². The van der Waals surface area contributed by atoms with Gasteiger partial charge in [0.2, 0.25) is 0 Å². The normalized spacial score (nSPS) is 11.7. The Morgan fingerprint density at radius 2 is 1.94 bits per heavy atom. The molecule has 0 amide bonds. The molecule has 0 aliphatic rings. The standard InChI is InChI=1S/C12H19NO2.ClH/c1-2-7-15-12-5-3-10(4-6-12)8-11(13)9-14;/h3-6,11,14H,2,7-9,13H2,1H3;1H. The first-order valence-corrected chi connectivity index (χ1v) is 5.34. The van der Waals surface area contributed by atoms with Crippen molar-refractivity contribution in [1.82, 2.24) is 0 Å². The molecule has 3 nitrogen and oxygen atoms in total. The summed E-state index contributed by atoms with van der Waals surface area (Å²) >= 11 is 0. The first kappa shape index (κ1) is 15.2. The van der Waals surface area contributed by atoms with E-state index in [4.69, 9.17) is 15.6 Å². The molecule has 16 heavy (non-hydrogen) atoms. The van der Waals surface area contributed by atoms with Crippen LogP contribution in [0.1, 0.15) is 18.9 Å². The highest BCUT2D eigenvalue weighted by atomic mass is 35.5. The molecular weight excluding hydrogens is 226 g/mol. The fraction of sp³-hybridized carbons (Fsp3) is 0.500. The molecule has 92 valence electrons. The van der Waals surface area contributed by atoms with Crippen LogP contribution in [-0.4, -0.2) is 24.4 Å². The third-order valence-corrected chi connectivity index (χ3v) is 2.13. The Labute approximate surface area is 103 Å². The third kappa shape index (κ3) is 5.35. The molecule has 0 aliphatic carbocycles. The van der Waals surface area contributed by atoms with Gasteiger partial charge < -0.3 is 15.6 Å². The van der Waals surface area contributed by atoms with Gasteiger partial charge >= 0.3 is 0 Å². The molecule has 1 atom stereocenters. The van der Waals surface area contributed by atoms with Crippen LogP contribution in [0.5, 0.6) is 5.75 Å². The van der Waals surface area contributed by atoms with Crippen LogP contribution < -0.4 is 10.5 Å². The van der Waals surface area contributed by atoms with Gasteiger partial charge in [-0.25, -0.2) is 0 Å². The number of rotatable bonds is 6. The highest BCUT2D eigenvalue weighted by Gasteiger charge is 2.02. The van der Waals surface area contributed by atoms with Crippen LogP contribution in [0.3, 0.4) is 0 Å². The number of halogens is 1. The molecule has 0 saturated heterocycles. The van der Waals surface area contributed by atoms with E-state index in [2.05, 4.69) is 6.92 Å². The predicted molar refractivity (Wildman–Crippen MR) is 68.2 cm³/mol. The van der Waals surface area contributed by atoms with Crippen molar-refractivity contribution in [3.8, 4) is 5.75 Å². The average Bonchev–Trinajstić information content (AvgIpc) is 2.28. The first-order chi connectivity index (χ1) is 7.26. The summed E-state index contributed by atoms with van der Waals surface area (Å²) in [5.74, 6) is 0.887. The van der Waals surface area contributed by atoms with Gasteiger partial charge in [-0.2, -0.15) is 0 Å². The Morgan fingerprint density at radius 3 is 2.44 bits per heavy atom. The fourth-order valence-electron chi connectivity index (χ4n) is 1.31. The van der Waals surface area contributed by atoms with Gasteiger partial charge in [-0.15, -0.1) is 12.4 Å². The fourth-order valence-corrected chi connectivity index (χ4v) is 1.31. The highest BCUT2D eigenvalue weighted by Crippen LogP contribution is 2.13. The van der Waals surface area contributed by atoms with Gasteiger partial charge in [0.15, 0.2) is 0 Å². The van der Waals surface area contributed by atoms with Crippen LogP contribution in [0.25, 0.3) is 0 Å². The topological polar surface area (TPSA) is 55.5 Å². The first-order valence-electron chi connectivity index (χ1n) is 5.34. The van der Waals surface area contributed by atoms with Crippen molar-refractivity contribution in [1.29, 1.82) is 0 Å². The molecule has 0 saturated carbocycles. The van der Waals surface area contributed by atoms with E-state index in [-0.39, 0.29) is 25.1 Å². The molecule has 1 aromatic carbocycles. The van der Waals surface area contributed by atoms with Crippen molar-refractivity contribution in [3.05, 3.63) is 29.8 Å². The van der Waals surface area contributed by atoms with E-state index in [1.165, 1.54) is 0 Å². The maximum atomic E-state index is 8.82. The molecule has 0 heterocycles. The number of hydrogen-bond acceptors (Lipinski definition) is 3. The molecule has 0 spiro atoms. The SMILES string of the molecule is CCCOc1ccc(CC(N)CO)cc1.Cl. The summed E-state index contributed by atoms with van der Waals surface area (Å²) < 4.78 is 5.46. The largest absolute Gasteiger partial charge is 0.494 e. The summed E-state index contributed by atoms with van der Waals surface area (Å²) in [7, 11) is 0. The summed E-state index contributed by atoms with van der Waals surface area (Å²) in [5.41, 5.74) is 6.77. The van der Waals surface area contributed by atoms with Crippen LogP contribution in [0.4, 0.5) is 0 Å². The monoisotopic (exact) mass is 245 g/mol. The van der Waals surface area contributed by atoms with Crippen LogP contribution >= 0.6 is 12.4 Å². The zero-order valence-electron chi connectivity index (χ0n) is 9.56. The molecule has 1 aromatic rings. The highest BCUT2D eigenvalue weighted by molar-refractivity contribution is 5.85. The lowest BCUT2D eigenvalue weighted by atomic mass is 10.1. The van der Waals surface area contributed by atoms with Crippen LogP contribution in [0.15, 0.2) is 24.3 Å². The molecule has 0 aliphatic heterocycles. The Bertz CT molecular complexity index is 277. The number of aliphatic hydroxyl groups is 1. The lowest BCUT2D eigenvalue weighted by molar-refractivity contribution is 0.265. The minimum Gasteiger partial charge on any atom is -0.494 e. The maximum absolute atomic E-state index is 8.82. The van der Waals surface area contributed by atoms with E-state index in [1.807, 2.05) is 24.3 Å². The summed E-state index contributed by atoms with van der Waals surface area (Å²) in [5, 5.41) is 8.82. The van der Waals surface area contributed by atoms with Gasteiger partial charge in [0.25, 0.3) is 0 Å². The lowest BCUT2D eigenvalue weighted by Gasteiger charge is -2.09. The van der Waals surface area contributed by atoms with Gasteiger partial charge in [-0.3, -0.25) is 0 Å². The second-order valence-electron chi connectivity index (χ2n) is 3.64. The van der Waals surface area contributed by atoms with E-state index < -0.39 is 0 Å². The van der Waals surface area contributed by atoms with Gasteiger partial charge in [0.05, 0.1) is 13.2 Å². The molecule has 1 rings (SSSR count). The quantitative estimate of drug-likeness (QED) is 0.803. The number of hydrogen-bond donors (Lipinski definition) is 2. The Kier molecular flexibility index (Phi) is 7.99. The number of ether oxygens (including phenoxy) is 1. The molecule has 0 radical (unpaired) electrons. The van der Waals surface area contributed by atoms with Gasteiger partial charge in [0.1, 0.15) is 5.75 Å². The van der Waals surface area contributed by atoms with E-state index in [1.54, 1.807) is 0 Å². The lowest BCUT2D eigenvalue weighted by Crippen LogP contribution is -2.26. The van der Waals surface area contributed by atoms with E-state index >= 15 is 0 Å². The molecule has 0 bridgehead atoms. The summed E-state index contributed by atoms with van der Waals surface area (Å²) in [6.45, 7) is 2.85. The molecular formula is C12H20ClNO2. The molecule has 1 unspecified atom stereocenters. The summed E-state index contributed by atoms with van der Waals surface area (Å²) in [6, 6.07) is 7.68. The Balaban J connectivity index is 0.00000225. The van der Waals surface area contributed by atoms with Crippen molar-refractivity contribution in [3.63, 3.8) is 0 Å². The molecule has 0 aromatic heterocycles. The second kappa shape index (κ2) is 8.39. The molecule has 0 fully saturated rings. The van der Waals surface area contributed by atoms with E-state index in [0.29, 0.717) is 6.42 Å².